The van der Waals surface area contributed by atoms with Crippen molar-refractivity contribution >= 4 is 29.3 Å². The summed E-state index contributed by atoms with van der Waals surface area (Å²) in [5.74, 6) is -0.307. The van der Waals surface area contributed by atoms with Crippen molar-refractivity contribution in [2.24, 2.45) is 0 Å². The molecule has 3 nitrogen and oxygen atoms in total. The summed E-state index contributed by atoms with van der Waals surface area (Å²) >= 11 is 6.93. The van der Waals surface area contributed by atoms with E-state index in [1.807, 2.05) is 6.07 Å². The lowest BCUT2D eigenvalue weighted by Crippen LogP contribution is -2.29. The fourth-order valence-electron chi connectivity index (χ4n) is 1.16. The third kappa shape index (κ3) is 4.55. The second-order valence-electron chi connectivity index (χ2n) is 3.59. The Morgan fingerprint density at radius 1 is 1.61 bits per heavy atom. The number of thioether (sulfide) groups is 1. The van der Waals surface area contributed by atoms with Crippen LogP contribution in [0.3, 0.4) is 0 Å². The third-order valence-corrected chi connectivity index (χ3v) is 3.51. The minimum Gasteiger partial charge on any atom is -0.344 e. The normalized spacial score (nSPS) is 9.89. The zero-order valence-corrected chi connectivity index (χ0v) is 11.4. The third-order valence-electron chi connectivity index (χ3n) is 2.24. The molecular weight excluding hydrogens is 275 g/mol. The van der Waals surface area contributed by atoms with Crippen LogP contribution in [0.1, 0.15) is 6.42 Å². The maximum Gasteiger partial charge on any atom is 0.232 e. The molecule has 0 saturated carbocycles. The van der Waals surface area contributed by atoms with E-state index in [0.717, 1.165) is 4.90 Å². The first-order valence-corrected chi connectivity index (χ1v) is 6.59. The van der Waals surface area contributed by atoms with Crippen LogP contribution in [-0.2, 0) is 4.79 Å². The molecular formula is C12H12ClFN2OS. The monoisotopic (exact) mass is 286 g/mol. The number of benzene rings is 1. The number of carbonyl (C=O) groups is 1. The first-order valence-electron chi connectivity index (χ1n) is 5.23. The molecule has 6 heteroatoms. The van der Waals surface area contributed by atoms with E-state index in [2.05, 4.69) is 0 Å². The Kier molecular flexibility index (Phi) is 5.96. The van der Waals surface area contributed by atoms with Gasteiger partial charge in [-0.25, -0.2) is 4.39 Å². The summed E-state index contributed by atoms with van der Waals surface area (Å²) in [4.78, 5) is 13.9. The highest BCUT2D eigenvalue weighted by molar-refractivity contribution is 8.00. The molecule has 0 saturated heterocycles. The SMILES string of the molecule is CN(CCC#N)C(=O)CSc1ccc(F)c(Cl)c1. The molecule has 0 atom stereocenters. The molecule has 0 unspecified atom stereocenters. The fraction of sp³-hybridized carbons (Fsp3) is 0.333. The van der Waals surface area contributed by atoms with E-state index >= 15 is 0 Å². The van der Waals surface area contributed by atoms with E-state index in [4.69, 9.17) is 16.9 Å². The van der Waals surface area contributed by atoms with Crippen LogP contribution < -0.4 is 0 Å². The average molecular weight is 287 g/mol. The van der Waals surface area contributed by atoms with Crippen LogP contribution in [0.15, 0.2) is 23.1 Å². The smallest absolute Gasteiger partial charge is 0.232 e. The van der Waals surface area contributed by atoms with E-state index in [-0.39, 0.29) is 16.7 Å². The summed E-state index contributed by atoms with van der Waals surface area (Å²) in [6.07, 6.45) is 0.315. The molecule has 0 aliphatic carbocycles. The zero-order valence-electron chi connectivity index (χ0n) is 9.82. The maximum absolute atomic E-state index is 12.9. The molecule has 0 N–H and O–H groups in total. The number of hydrogen-bond donors (Lipinski definition) is 0. The van der Waals surface area contributed by atoms with Crippen LogP contribution in [0.25, 0.3) is 0 Å². The zero-order chi connectivity index (χ0) is 13.5. The second-order valence-corrected chi connectivity index (χ2v) is 5.04. The van der Waals surface area contributed by atoms with Crippen LogP contribution in [0, 0.1) is 17.1 Å². The van der Waals surface area contributed by atoms with Crippen molar-refractivity contribution < 1.29 is 9.18 Å². The highest BCUT2D eigenvalue weighted by Crippen LogP contribution is 2.24. The van der Waals surface area contributed by atoms with Crippen molar-refractivity contribution in [1.82, 2.24) is 4.90 Å². The predicted molar refractivity (Wildman–Crippen MR) is 70.0 cm³/mol. The number of nitriles is 1. The molecule has 1 aromatic carbocycles. The van der Waals surface area contributed by atoms with E-state index in [1.54, 1.807) is 13.1 Å². The Bertz CT molecular complexity index is 476. The van der Waals surface area contributed by atoms with Gasteiger partial charge in [0.15, 0.2) is 0 Å². The predicted octanol–water partition coefficient (Wildman–Crippen LogP) is 2.94. The molecule has 96 valence electrons. The molecule has 0 radical (unpaired) electrons. The number of carbonyl (C=O) groups excluding carboxylic acids is 1. The summed E-state index contributed by atoms with van der Waals surface area (Å²) in [6.45, 7) is 0.417. The van der Waals surface area contributed by atoms with Crippen molar-refractivity contribution in [2.75, 3.05) is 19.3 Å². The van der Waals surface area contributed by atoms with Crippen LogP contribution in [0.5, 0.6) is 0 Å². The highest BCUT2D eigenvalue weighted by atomic mass is 35.5. The van der Waals surface area contributed by atoms with Crippen LogP contribution >= 0.6 is 23.4 Å². The molecule has 1 rings (SSSR count). The van der Waals surface area contributed by atoms with Crippen molar-refractivity contribution in [3.05, 3.63) is 29.0 Å². The molecule has 1 aromatic rings. The van der Waals surface area contributed by atoms with Crippen LogP contribution in [-0.4, -0.2) is 30.2 Å². The standard InChI is InChI=1S/C12H12ClFN2OS/c1-16(6-2-5-15)12(17)8-18-9-3-4-11(14)10(13)7-9/h3-4,7H,2,6,8H2,1H3. The van der Waals surface area contributed by atoms with Gasteiger partial charge in [0, 0.05) is 18.5 Å². The summed E-state index contributed by atoms with van der Waals surface area (Å²) < 4.78 is 12.9. The number of rotatable bonds is 5. The number of hydrogen-bond acceptors (Lipinski definition) is 3. The molecule has 18 heavy (non-hydrogen) atoms. The van der Waals surface area contributed by atoms with Gasteiger partial charge in [-0.2, -0.15) is 5.26 Å². The maximum atomic E-state index is 12.9. The quantitative estimate of drug-likeness (QED) is 0.782. The van der Waals surface area contributed by atoms with Crippen LogP contribution in [0.4, 0.5) is 4.39 Å². The molecule has 0 fully saturated rings. The minimum atomic E-state index is -0.474. The van der Waals surface area contributed by atoms with Crippen LogP contribution in [0.2, 0.25) is 5.02 Å². The Hall–Kier alpha value is -1.25. The minimum absolute atomic E-state index is 0.0466. The topological polar surface area (TPSA) is 44.1 Å². The molecule has 0 aromatic heterocycles. The van der Waals surface area contributed by atoms with Crippen molar-refractivity contribution in [3.63, 3.8) is 0 Å². The molecule has 0 heterocycles. The molecule has 0 spiro atoms. The number of halogens is 2. The van der Waals surface area contributed by atoms with Gasteiger partial charge in [0.2, 0.25) is 5.91 Å². The van der Waals surface area contributed by atoms with Crippen molar-refractivity contribution in [2.45, 2.75) is 11.3 Å². The van der Waals surface area contributed by atoms with Gasteiger partial charge in [0.05, 0.1) is 23.3 Å². The van der Waals surface area contributed by atoms with E-state index in [9.17, 15) is 9.18 Å². The number of amides is 1. The van der Waals surface area contributed by atoms with Crippen molar-refractivity contribution in [1.29, 1.82) is 5.26 Å². The molecule has 1 amide bonds. The molecule has 0 bridgehead atoms. The van der Waals surface area contributed by atoms with E-state index in [1.165, 1.54) is 28.8 Å². The summed E-state index contributed by atoms with van der Waals surface area (Å²) in [6, 6.07) is 6.32. The van der Waals surface area contributed by atoms with Gasteiger partial charge in [-0.05, 0) is 18.2 Å². The average Bonchev–Trinajstić information content (AvgIpc) is 2.36. The van der Waals surface area contributed by atoms with Gasteiger partial charge in [0.1, 0.15) is 5.82 Å². The lowest BCUT2D eigenvalue weighted by atomic mass is 10.3. The van der Waals surface area contributed by atoms with Gasteiger partial charge < -0.3 is 4.90 Å². The largest absolute Gasteiger partial charge is 0.344 e. The Morgan fingerprint density at radius 3 is 2.94 bits per heavy atom. The van der Waals surface area contributed by atoms with E-state index in [0.29, 0.717) is 13.0 Å². The van der Waals surface area contributed by atoms with Gasteiger partial charge >= 0.3 is 0 Å². The summed E-state index contributed by atoms with van der Waals surface area (Å²) in [5.41, 5.74) is 0. The first kappa shape index (κ1) is 14.8. The van der Waals surface area contributed by atoms with Gasteiger partial charge in [-0.3, -0.25) is 4.79 Å². The van der Waals surface area contributed by atoms with Gasteiger partial charge in [-0.15, -0.1) is 11.8 Å². The molecule has 0 aliphatic rings. The Morgan fingerprint density at radius 2 is 2.33 bits per heavy atom. The van der Waals surface area contributed by atoms with Crippen molar-refractivity contribution in [3.8, 4) is 6.07 Å². The Balaban J connectivity index is 2.47. The van der Waals surface area contributed by atoms with E-state index < -0.39 is 5.82 Å². The Labute approximate surface area is 115 Å². The fourth-order valence-corrected chi connectivity index (χ4v) is 2.29. The number of nitrogens with zero attached hydrogens (tertiary/aromatic N) is 2. The summed E-state index contributed by atoms with van der Waals surface area (Å²) in [5, 5.41) is 8.46. The lowest BCUT2D eigenvalue weighted by Gasteiger charge is -2.14. The second kappa shape index (κ2) is 7.24. The first-order chi connectivity index (χ1) is 8.54. The summed E-state index contributed by atoms with van der Waals surface area (Å²) in [7, 11) is 1.65. The lowest BCUT2D eigenvalue weighted by molar-refractivity contribution is -0.127. The highest BCUT2D eigenvalue weighted by Gasteiger charge is 2.09. The van der Waals surface area contributed by atoms with Gasteiger partial charge in [-0.1, -0.05) is 11.6 Å². The van der Waals surface area contributed by atoms with Gasteiger partial charge in [0.25, 0.3) is 0 Å². The molecule has 0 aliphatic heterocycles.